The average Bonchev–Trinajstić information content (AvgIpc) is 3.14. The number of ketones is 1. The molecule has 0 saturated carbocycles. The number of benzene rings is 3. The molecule has 1 heterocycles. The van der Waals surface area contributed by atoms with Crippen LogP contribution in [0.15, 0.2) is 84.1 Å². The summed E-state index contributed by atoms with van der Waals surface area (Å²) in [4.78, 5) is 53.1. The number of para-hydroxylation sites is 2. The monoisotopic (exact) mass is 580 g/mol. The average molecular weight is 581 g/mol. The number of nitrogens with zero attached hydrogens (tertiary/aromatic N) is 1. The molecule has 43 heavy (non-hydrogen) atoms. The number of rotatable bonds is 6. The van der Waals surface area contributed by atoms with Crippen LogP contribution in [0, 0.1) is 0 Å². The van der Waals surface area contributed by atoms with Crippen molar-refractivity contribution < 1.29 is 29.0 Å². The van der Waals surface area contributed by atoms with Gasteiger partial charge < -0.3 is 15.2 Å². The number of Topliss-reactive ketones (excluding diaryl/α,β-unsaturated/α-hetero) is 1. The fourth-order valence-electron chi connectivity index (χ4n) is 5.93. The number of allylic oxidation sites excluding steroid dienone is 1. The SMILES string of the molecule is COC(=O)c1ccc([C@@H]2C3=C(C[C@@H](c4ccc(C(C)(C)C)cc4)CC3=O)Nc3ccccc3N2C(=O)CCC(=O)O)cc1. The van der Waals surface area contributed by atoms with E-state index < -0.39 is 23.9 Å². The zero-order valence-corrected chi connectivity index (χ0v) is 24.8. The first-order valence-electron chi connectivity index (χ1n) is 14.4. The Bertz CT molecular complexity index is 1600. The van der Waals surface area contributed by atoms with Gasteiger partial charge in [0.2, 0.25) is 5.91 Å². The minimum absolute atomic E-state index is 0.0104. The number of aliphatic carboxylic acids is 1. The number of fused-ring (bicyclic) bond motifs is 1. The Balaban J connectivity index is 1.64. The van der Waals surface area contributed by atoms with Gasteiger partial charge in [0.1, 0.15) is 0 Å². The topological polar surface area (TPSA) is 113 Å². The number of carboxylic acids is 1. The molecule has 2 aliphatic rings. The van der Waals surface area contributed by atoms with Crippen LogP contribution in [0.5, 0.6) is 0 Å². The Morgan fingerprint density at radius 2 is 1.56 bits per heavy atom. The quantitative estimate of drug-likeness (QED) is 0.319. The molecular weight excluding hydrogens is 544 g/mol. The van der Waals surface area contributed by atoms with Gasteiger partial charge in [0, 0.05) is 24.1 Å². The molecule has 5 rings (SSSR count). The summed E-state index contributed by atoms with van der Waals surface area (Å²) in [6.45, 7) is 6.49. The lowest BCUT2D eigenvalue weighted by atomic mass is 9.77. The largest absolute Gasteiger partial charge is 0.481 e. The van der Waals surface area contributed by atoms with Crippen molar-refractivity contribution in [3.05, 3.63) is 106 Å². The molecule has 3 aromatic rings. The maximum atomic E-state index is 14.2. The molecule has 1 amide bonds. The van der Waals surface area contributed by atoms with Crippen molar-refractivity contribution >= 4 is 35.0 Å². The van der Waals surface area contributed by atoms with Crippen molar-refractivity contribution in [3.63, 3.8) is 0 Å². The third-order valence-electron chi connectivity index (χ3n) is 8.21. The third-order valence-corrected chi connectivity index (χ3v) is 8.21. The van der Waals surface area contributed by atoms with Crippen LogP contribution >= 0.6 is 0 Å². The number of carbonyl (C=O) groups excluding carboxylic acids is 3. The van der Waals surface area contributed by atoms with Gasteiger partial charge in [-0.3, -0.25) is 19.3 Å². The van der Waals surface area contributed by atoms with Gasteiger partial charge in [-0.15, -0.1) is 0 Å². The molecule has 0 aromatic heterocycles. The molecule has 8 nitrogen and oxygen atoms in total. The van der Waals surface area contributed by atoms with Crippen LogP contribution in [0.4, 0.5) is 11.4 Å². The highest BCUT2D eigenvalue weighted by Gasteiger charge is 2.41. The summed E-state index contributed by atoms with van der Waals surface area (Å²) in [7, 11) is 1.30. The van der Waals surface area contributed by atoms with Crippen molar-refractivity contribution in [1.29, 1.82) is 0 Å². The van der Waals surface area contributed by atoms with E-state index in [1.54, 1.807) is 36.4 Å². The second-order valence-corrected chi connectivity index (χ2v) is 12.1. The van der Waals surface area contributed by atoms with E-state index in [4.69, 9.17) is 4.74 Å². The number of amides is 1. The number of anilines is 2. The van der Waals surface area contributed by atoms with Gasteiger partial charge in [-0.05, 0) is 58.7 Å². The molecule has 2 atom stereocenters. The standard InChI is InChI=1S/C35H36N2O6/c1-35(2,3)25-15-13-21(14-16-25)24-19-27-32(29(38)20-24)33(22-9-11-23(12-10-22)34(42)43-4)37(30(39)17-18-31(40)41)28-8-6-5-7-26(28)36-27/h5-16,24,33,36H,17-20H2,1-4H3,(H,40,41)/t24-,33-/m1/s1. The molecule has 8 heteroatoms. The lowest BCUT2D eigenvalue weighted by Crippen LogP contribution is -2.38. The maximum Gasteiger partial charge on any atom is 0.337 e. The molecule has 0 radical (unpaired) electrons. The molecule has 1 aliphatic heterocycles. The molecule has 0 spiro atoms. The van der Waals surface area contributed by atoms with E-state index in [2.05, 4.69) is 50.4 Å². The van der Waals surface area contributed by atoms with Gasteiger partial charge in [0.05, 0.1) is 36.5 Å². The van der Waals surface area contributed by atoms with E-state index in [-0.39, 0.29) is 36.4 Å². The summed E-state index contributed by atoms with van der Waals surface area (Å²) < 4.78 is 4.85. The summed E-state index contributed by atoms with van der Waals surface area (Å²) in [6.07, 6.45) is 0.239. The number of hydrogen-bond donors (Lipinski definition) is 2. The van der Waals surface area contributed by atoms with E-state index in [0.29, 0.717) is 34.5 Å². The van der Waals surface area contributed by atoms with E-state index in [1.165, 1.54) is 17.6 Å². The van der Waals surface area contributed by atoms with Crippen molar-refractivity contribution in [2.75, 3.05) is 17.3 Å². The predicted molar refractivity (Wildman–Crippen MR) is 164 cm³/mol. The second-order valence-electron chi connectivity index (χ2n) is 12.1. The molecule has 3 aromatic carbocycles. The van der Waals surface area contributed by atoms with Gasteiger partial charge in [-0.1, -0.05) is 69.3 Å². The van der Waals surface area contributed by atoms with Gasteiger partial charge in [0.15, 0.2) is 5.78 Å². The fourth-order valence-corrected chi connectivity index (χ4v) is 5.93. The fraction of sp³-hybridized carbons (Fsp3) is 0.314. The molecule has 0 unspecified atom stereocenters. The highest BCUT2D eigenvalue weighted by molar-refractivity contribution is 6.06. The Morgan fingerprint density at radius 1 is 0.907 bits per heavy atom. The number of carboxylic acid groups (broad SMARTS) is 1. The summed E-state index contributed by atoms with van der Waals surface area (Å²) >= 11 is 0. The van der Waals surface area contributed by atoms with Crippen LogP contribution < -0.4 is 10.2 Å². The Morgan fingerprint density at radius 3 is 2.19 bits per heavy atom. The normalized spacial score (nSPS) is 18.2. The maximum absolute atomic E-state index is 14.2. The number of esters is 1. The van der Waals surface area contributed by atoms with Crippen LogP contribution in [0.25, 0.3) is 0 Å². The number of hydrogen-bond acceptors (Lipinski definition) is 6. The highest BCUT2D eigenvalue weighted by Crippen LogP contribution is 2.47. The molecule has 0 bridgehead atoms. The van der Waals surface area contributed by atoms with Crippen LogP contribution in [0.3, 0.4) is 0 Å². The first-order chi connectivity index (χ1) is 20.5. The van der Waals surface area contributed by atoms with Gasteiger partial charge >= 0.3 is 11.9 Å². The molecule has 222 valence electrons. The number of carbonyl (C=O) groups is 4. The Kier molecular flexibility index (Phi) is 8.22. The number of nitrogens with one attached hydrogen (secondary N) is 1. The van der Waals surface area contributed by atoms with Crippen molar-refractivity contribution in [3.8, 4) is 0 Å². The van der Waals surface area contributed by atoms with Crippen LogP contribution in [-0.2, 0) is 24.5 Å². The van der Waals surface area contributed by atoms with Crippen molar-refractivity contribution in [1.82, 2.24) is 0 Å². The summed E-state index contributed by atoms with van der Waals surface area (Å²) in [5, 5.41) is 12.8. The zero-order valence-electron chi connectivity index (χ0n) is 24.8. The summed E-state index contributed by atoms with van der Waals surface area (Å²) in [5.74, 6) is -2.15. The Hall–Kier alpha value is -4.72. The molecule has 0 saturated heterocycles. The van der Waals surface area contributed by atoms with Gasteiger partial charge in [-0.2, -0.15) is 0 Å². The molecule has 2 N–H and O–H groups in total. The first kappa shape index (κ1) is 29.8. The number of methoxy groups -OCH3 is 1. The van der Waals surface area contributed by atoms with Crippen LogP contribution in [0.2, 0.25) is 0 Å². The van der Waals surface area contributed by atoms with E-state index in [9.17, 15) is 24.3 Å². The van der Waals surface area contributed by atoms with Crippen molar-refractivity contribution in [2.24, 2.45) is 0 Å². The second kappa shape index (κ2) is 11.9. The Labute approximate surface area is 251 Å². The third kappa shape index (κ3) is 6.09. The predicted octanol–water partition coefficient (Wildman–Crippen LogP) is 6.54. The van der Waals surface area contributed by atoms with E-state index >= 15 is 0 Å². The van der Waals surface area contributed by atoms with Crippen molar-refractivity contribution in [2.45, 2.75) is 63.8 Å². The van der Waals surface area contributed by atoms with E-state index in [1.807, 2.05) is 12.1 Å². The summed E-state index contributed by atoms with van der Waals surface area (Å²) in [5.41, 5.74) is 5.66. The van der Waals surface area contributed by atoms with Crippen LogP contribution in [0.1, 0.15) is 85.5 Å². The minimum atomic E-state index is -1.08. The molecular formula is C35H36N2O6. The zero-order chi connectivity index (χ0) is 30.9. The first-order valence-corrected chi connectivity index (χ1v) is 14.4. The van der Waals surface area contributed by atoms with E-state index in [0.717, 1.165) is 11.3 Å². The highest BCUT2D eigenvalue weighted by atomic mass is 16.5. The smallest absolute Gasteiger partial charge is 0.337 e. The molecule has 1 aliphatic carbocycles. The number of ether oxygens (including phenoxy) is 1. The summed E-state index contributed by atoms with van der Waals surface area (Å²) in [6, 6.07) is 21.6. The lowest BCUT2D eigenvalue weighted by Gasteiger charge is -2.35. The van der Waals surface area contributed by atoms with Crippen LogP contribution in [-0.4, -0.2) is 35.8 Å². The lowest BCUT2D eigenvalue weighted by molar-refractivity contribution is -0.138. The molecule has 0 fully saturated rings. The van der Waals surface area contributed by atoms with Gasteiger partial charge in [-0.25, -0.2) is 4.79 Å². The van der Waals surface area contributed by atoms with Gasteiger partial charge in [0.25, 0.3) is 0 Å². The minimum Gasteiger partial charge on any atom is -0.481 e.